The van der Waals surface area contributed by atoms with Crippen LogP contribution in [0.1, 0.15) is 11.1 Å². The van der Waals surface area contributed by atoms with Crippen LogP contribution in [0.4, 0.5) is 16.5 Å². The van der Waals surface area contributed by atoms with Crippen molar-refractivity contribution in [2.45, 2.75) is 6.92 Å². The van der Waals surface area contributed by atoms with E-state index in [0.29, 0.717) is 26.4 Å². The molecule has 0 aliphatic rings. The molecule has 0 bridgehead atoms. The van der Waals surface area contributed by atoms with E-state index in [-0.39, 0.29) is 0 Å². The van der Waals surface area contributed by atoms with Crippen molar-refractivity contribution in [3.05, 3.63) is 69.1 Å². The van der Waals surface area contributed by atoms with E-state index in [4.69, 9.17) is 23.2 Å². The summed E-state index contributed by atoms with van der Waals surface area (Å²) in [7, 11) is 0. The van der Waals surface area contributed by atoms with E-state index in [0.717, 1.165) is 11.3 Å². The van der Waals surface area contributed by atoms with Crippen molar-refractivity contribution in [3.63, 3.8) is 0 Å². The molecule has 0 fully saturated rings. The zero-order valence-corrected chi connectivity index (χ0v) is 17.4. The number of nitrogens with zero attached hydrogens (tertiary/aromatic N) is 2. The minimum absolute atomic E-state index is 0.326. The normalized spacial score (nSPS) is 10.7. The highest BCUT2D eigenvalue weighted by Crippen LogP contribution is 2.26. The standard InChI is InChI=1S/C19H15Cl2N5O2S/c1-11-2-4-14(9-15(11)21)24-16-5-3-13(20)8-12(16)10-23-26-18(28)17(27)25-19-22-6-7-29-19/h2-10,24H,1H3,(H,26,28)(H,22,25,27)/b23-10-. The number of hydrogen-bond acceptors (Lipinski definition) is 6. The van der Waals surface area contributed by atoms with Crippen molar-refractivity contribution in [1.29, 1.82) is 0 Å². The fourth-order valence-electron chi connectivity index (χ4n) is 2.23. The van der Waals surface area contributed by atoms with Crippen LogP contribution in [0.15, 0.2) is 53.1 Å². The van der Waals surface area contributed by atoms with E-state index in [1.54, 1.807) is 29.6 Å². The van der Waals surface area contributed by atoms with Gasteiger partial charge in [-0.3, -0.25) is 14.9 Å². The largest absolute Gasteiger partial charge is 0.355 e. The Hall–Kier alpha value is -2.94. The van der Waals surface area contributed by atoms with Gasteiger partial charge in [-0.05, 0) is 42.8 Å². The van der Waals surface area contributed by atoms with E-state index in [9.17, 15) is 9.59 Å². The predicted molar refractivity (Wildman–Crippen MR) is 117 cm³/mol. The second-order valence-electron chi connectivity index (χ2n) is 5.81. The van der Waals surface area contributed by atoms with Gasteiger partial charge in [0.05, 0.1) is 6.21 Å². The third-order valence-corrected chi connectivity index (χ3v) is 5.02. The topological polar surface area (TPSA) is 95.5 Å². The molecule has 148 valence electrons. The van der Waals surface area contributed by atoms with Crippen molar-refractivity contribution in [1.82, 2.24) is 10.4 Å². The lowest BCUT2D eigenvalue weighted by Gasteiger charge is -2.11. The molecule has 0 spiro atoms. The lowest BCUT2D eigenvalue weighted by molar-refractivity contribution is -0.136. The number of carbonyl (C=O) groups is 2. The third-order valence-electron chi connectivity index (χ3n) is 3.69. The summed E-state index contributed by atoms with van der Waals surface area (Å²) in [6.45, 7) is 1.92. The number of aromatic nitrogens is 1. The van der Waals surface area contributed by atoms with Crippen molar-refractivity contribution >= 4 is 69.1 Å². The maximum atomic E-state index is 11.9. The summed E-state index contributed by atoms with van der Waals surface area (Å²) in [6, 6.07) is 10.8. The van der Waals surface area contributed by atoms with Gasteiger partial charge in [-0.25, -0.2) is 10.4 Å². The Morgan fingerprint density at radius 3 is 2.69 bits per heavy atom. The summed E-state index contributed by atoms with van der Waals surface area (Å²) in [5.41, 5.74) is 5.22. The average molecular weight is 448 g/mol. The van der Waals surface area contributed by atoms with Gasteiger partial charge in [-0.2, -0.15) is 5.10 Å². The van der Waals surface area contributed by atoms with Crippen LogP contribution in [0, 0.1) is 6.92 Å². The zero-order valence-electron chi connectivity index (χ0n) is 15.1. The van der Waals surface area contributed by atoms with Crippen LogP contribution in [-0.2, 0) is 9.59 Å². The Labute approximate surface area is 180 Å². The first-order valence-corrected chi connectivity index (χ1v) is 9.92. The number of aryl methyl sites for hydroxylation is 1. The quantitative estimate of drug-likeness (QED) is 0.302. The van der Waals surface area contributed by atoms with Gasteiger partial charge >= 0.3 is 11.8 Å². The number of benzene rings is 2. The summed E-state index contributed by atoms with van der Waals surface area (Å²) in [5, 5.41) is 12.6. The van der Waals surface area contributed by atoms with Gasteiger partial charge in [-0.15, -0.1) is 11.3 Å². The van der Waals surface area contributed by atoms with Crippen LogP contribution in [-0.4, -0.2) is 23.0 Å². The van der Waals surface area contributed by atoms with Crippen molar-refractivity contribution in [3.8, 4) is 0 Å². The molecule has 3 N–H and O–H groups in total. The van der Waals surface area contributed by atoms with Gasteiger partial charge in [0, 0.05) is 38.6 Å². The molecule has 3 rings (SSSR count). The highest BCUT2D eigenvalue weighted by atomic mass is 35.5. The summed E-state index contributed by atoms with van der Waals surface area (Å²) in [6.07, 6.45) is 2.91. The lowest BCUT2D eigenvalue weighted by Crippen LogP contribution is -2.32. The summed E-state index contributed by atoms with van der Waals surface area (Å²) < 4.78 is 0. The number of carbonyl (C=O) groups excluding carboxylic acids is 2. The smallest absolute Gasteiger partial charge is 0.329 e. The van der Waals surface area contributed by atoms with E-state index < -0.39 is 11.8 Å². The first-order chi connectivity index (χ1) is 13.9. The molecule has 0 unspecified atom stereocenters. The molecule has 3 aromatic rings. The van der Waals surface area contributed by atoms with Crippen molar-refractivity contribution < 1.29 is 9.59 Å². The van der Waals surface area contributed by atoms with E-state index in [2.05, 4.69) is 26.1 Å². The SMILES string of the molecule is Cc1ccc(Nc2ccc(Cl)cc2/C=N\NC(=O)C(=O)Nc2nccs2)cc1Cl. The second-order valence-corrected chi connectivity index (χ2v) is 7.55. The van der Waals surface area contributed by atoms with E-state index >= 15 is 0 Å². The van der Waals surface area contributed by atoms with Gasteiger partial charge in [-0.1, -0.05) is 29.3 Å². The fourth-order valence-corrected chi connectivity index (χ4v) is 3.12. The number of nitrogens with one attached hydrogen (secondary N) is 3. The highest BCUT2D eigenvalue weighted by Gasteiger charge is 2.14. The molecule has 0 aliphatic heterocycles. The van der Waals surface area contributed by atoms with Crippen LogP contribution >= 0.6 is 34.5 Å². The van der Waals surface area contributed by atoms with Crippen LogP contribution in [0.25, 0.3) is 0 Å². The molecule has 1 heterocycles. The Morgan fingerprint density at radius 2 is 1.97 bits per heavy atom. The molecular weight excluding hydrogens is 433 g/mol. The predicted octanol–water partition coefficient (Wildman–Crippen LogP) is 4.59. The highest BCUT2D eigenvalue weighted by molar-refractivity contribution is 7.13. The number of hydrazone groups is 1. The monoisotopic (exact) mass is 447 g/mol. The number of hydrogen-bond donors (Lipinski definition) is 3. The van der Waals surface area contributed by atoms with E-state index in [1.807, 2.05) is 19.1 Å². The van der Waals surface area contributed by atoms with Gasteiger partial charge in [0.15, 0.2) is 5.13 Å². The van der Waals surface area contributed by atoms with Crippen LogP contribution in [0.3, 0.4) is 0 Å². The molecule has 2 amide bonds. The average Bonchev–Trinajstić information content (AvgIpc) is 3.19. The van der Waals surface area contributed by atoms with Gasteiger partial charge in [0.25, 0.3) is 0 Å². The van der Waals surface area contributed by atoms with Crippen molar-refractivity contribution in [2.75, 3.05) is 10.6 Å². The Bertz CT molecular complexity index is 1070. The molecule has 2 aromatic carbocycles. The minimum atomic E-state index is -0.918. The number of amides is 2. The molecule has 7 nitrogen and oxygen atoms in total. The van der Waals surface area contributed by atoms with Crippen molar-refractivity contribution in [2.24, 2.45) is 5.10 Å². The van der Waals surface area contributed by atoms with Gasteiger partial charge in [0.2, 0.25) is 0 Å². The zero-order chi connectivity index (χ0) is 20.8. The molecular formula is C19H15Cl2N5O2S. The molecule has 10 heteroatoms. The van der Waals surface area contributed by atoms with Crippen LogP contribution in [0.2, 0.25) is 10.0 Å². The van der Waals surface area contributed by atoms with Crippen LogP contribution in [0.5, 0.6) is 0 Å². The van der Waals surface area contributed by atoms with Crippen LogP contribution < -0.4 is 16.1 Å². The minimum Gasteiger partial charge on any atom is -0.355 e. The summed E-state index contributed by atoms with van der Waals surface area (Å²) >= 11 is 13.4. The Kier molecular flexibility index (Phi) is 6.82. The van der Waals surface area contributed by atoms with Gasteiger partial charge < -0.3 is 5.32 Å². The molecule has 0 saturated carbocycles. The Morgan fingerprint density at radius 1 is 1.14 bits per heavy atom. The number of thiazole rings is 1. The molecule has 1 aromatic heterocycles. The van der Waals surface area contributed by atoms with Gasteiger partial charge in [0.1, 0.15) is 0 Å². The number of anilines is 3. The molecule has 0 atom stereocenters. The summed E-state index contributed by atoms with van der Waals surface area (Å²) in [5.74, 6) is -1.78. The second kappa shape index (κ2) is 9.51. The maximum Gasteiger partial charge on any atom is 0.329 e. The number of rotatable bonds is 5. The summed E-state index contributed by atoms with van der Waals surface area (Å²) in [4.78, 5) is 27.5. The molecule has 0 radical (unpaired) electrons. The van der Waals surface area contributed by atoms with E-state index in [1.165, 1.54) is 23.7 Å². The fraction of sp³-hybridized carbons (Fsp3) is 0.0526. The number of halogens is 2. The first-order valence-electron chi connectivity index (χ1n) is 8.29. The third kappa shape index (κ3) is 5.77. The lowest BCUT2D eigenvalue weighted by atomic mass is 10.1. The first kappa shape index (κ1) is 20.8. The maximum absolute atomic E-state index is 11.9. The molecule has 29 heavy (non-hydrogen) atoms. The Balaban J connectivity index is 1.69. The molecule has 0 saturated heterocycles. The molecule has 0 aliphatic carbocycles.